The minimum atomic E-state index is 0.293. The third-order valence-corrected chi connectivity index (χ3v) is 3.53. The van der Waals surface area contributed by atoms with Crippen molar-refractivity contribution in [3.8, 4) is 5.95 Å². The molecule has 2 aromatic rings. The summed E-state index contributed by atoms with van der Waals surface area (Å²) in [6.45, 7) is 4.33. The van der Waals surface area contributed by atoms with Gasteiger partial charge in [0.1, 0.15) is 6.33 Å². The van der Waals surface area contributed by atoms with Crippen LogP contribution in [0.2, 0.25) is 0 Å². The number of imidazole rings is 1. The highest BCUT2D eigenvalue weighted by Gasteiger charge is 2.25. The van der Waals surface area contributed by atoms with Crippen LogP contribution in [-0.2, 0) is 4.74 Å². The van der Waals surface area contributed by atoms with Gasteiger partial charge in [-0.1, -0.05) is 6.92 Å². The molecule has 8 nitrogen and oxygen atoms in total. The molecule has 0 spiro atoms. The van der Waals surface area contributed by atoms with Gasteiger partial charge in [-0.15, -0.1) is 0 Å². The number of hydrogen-bond acceptors (Lipinski definition) is 7. The first kappa shape index (κ1) is 13.7. The van der Waals surface area contributed by atoms with Gasteiger partial charge in [0.2, 0.25) is 17.8 Å². The van der Waals surface area contributed by atoms with Crippen LogP contribution in [0, 0.1) is 0 Å². The van der Waals surface area contributed by atoms with Crippen molar-refractivity contribution >= 4 is 11.9 Å². The van der Waals surface area contributed by atoms with Crippen molar-refractivity contribution in [3.05, 3.63) is 18.7 Å². The van der Waals surface area contributed by atoms with Crippen LogP contribution in [0.3, 0.4) is 0 Å². The maximum Gasteiger partial charge on any atom is 0.241 e. The summed E-state index contributed by atoms with van der Waals surface area (Å²) >= 11 is 0. The molecule has 0 amide bonds. The van der Waals surface area contributed by atoms with E-state index in [2.05, 4.69) is 37.1 Å². The van der Waals surface area contributed by atoms with Crippen LogP contribution in [0.1, 0.15) is 13.3 Å². The molecule has 3 heterocycles. The molecule has 1 aliphatic heterocycles. The fourth-order valence-electron chi connectivity index (χ4n) is 2.34. The summed E-state index contributed by atoms with van der Waals surface area (Å²) in [6, 6.07) is 0.293. The van der Waals surface area contributed by atoms with Gasteiger partial charge in [-0.2, -0.15) is 15.0 Å². The Morgan fingerprint density at radius 2 is 2.19 bits per heavy atom. The number of rotatable bonds is 4. The van der Waals surface area contributed by atoms with Gasteiger partial charge in [-0.3, -0.25) is 4.57 Å². The summed E-state index contributed by atoms with van der Waals surface area (Å²) in [5.41, 5.74) is 0. The minimum absolute atomic E-state index is 0.293. The summed E-state index contributed by atoms with van der Waals surface area (Å²) in [5, 5.41) is 2.99. The molecule has 112 valence electrons. The highest BCUT2D eigenvalue weighted by atomic mass is 16.5. The maximum atomic E-state index is 5.54. The second-order valence-electron chi connectivity index (χ2n) is 4.81. The van der Waals surface area contributed by atoms with E-state index in [1.165, 1.54) is 0 Å². The van der Waals surface area contributed by atoms with Crippen LogP contribution in [0.4, 0.5) is 11.9 Å². The van der Waals surface area contributed by atoms with Crippen LogP contribution in [-0.4, -0.2) is 57.4 Å². The highest BCUT2D eigenvalue weighted by molar-refractivity contribution is 5.41. The molecule has 2 aromatic heterocycles. The van der Waals surface area contributed by atoms with Crippen LogP contribution in [0.5, 0.6) is 0 Å². The number of ether oxygens (including phenoxy) is 1. The summed E-state index contributed by atoms with van der Waals surface area (Å²) in [4.78, 5) is 19.7. The number of aromatic nitrogens is 5. The van der Waals surface area contributed by atoms with Crippen molar-refractivity contribution < 1.29 is 4.74 Å². The van der Waals surface area contributed by atoms with Crippen molar-refractivity contribution in [2.24, 2.45) is 0 Å². The number of anilines is 2. The van der Waals surface area contributed by atoms with Gasteiger partial charge in [0.25, 0.3) is 0 Å². The van der Waals surface area contributed by atoms with Gasteiger partial charge in [-0.25, -0.2) is 4.98 Å². The average Bonchev–Trinajstić information content (AvgIpc) is 3.09. The van der Waals surface area contributed by atoms with E-state index in [-0.39, 0.29) is 0 Å². The fraction of sp³-hybridized carbons (Fsp3) is 0.538. The van der Waals surface area contributed by atoms with Crippen molar-refractivity contribution in [1.82, 2.24) is 24.5 Å². The Morgan fingerprint density at radius 3 is 2.90 bits per heavy atom. The Morgan fingerprint density at radius 1 is 1.33 bits per heavy atom. The van der Waals surface area contributed by atoms with Gasteiger partial charge >= 0.3 is 0 Å². The lowest BCUT2D eigenvalue weighted by atomic mass is 10.2. The van der Waals surface area contributed by atoms with Gasteiger partial charge in [-0.05, 0) is 6.42 Å². The predicted molar refractivity (Wildman–Crippen MR) is 78.7 cm³/mol. The van der Waals surface area contributed by atoms with Crippen molar-refractivity contribution in [1.29, 1.82) is 0 Å². The van der Waals surface area contributed by atoms with Gasteiger partial charge in [0, 0.05) is 26.0 Å². The van der Waals surface area contributed by atoms with E-state index in [9.17, 15) is 0 Å². The Labute approximate surface area is 123 Å². The highest BCUT2D eigenvalue weighted by Crippen LogP contribution is 2.19. The zero-order chi connectivity index (χ0) is 14.7. The first-order valence-corrected chi connectivity index (χ1v) is 7.08. The largest absolute Gasteiger partial charge is 0.377 e. The van der Waals surface area contributed by atoms with Crippen molar-refractivity contribution in [2.75, 3.05) is 37.0 Å². The van der Waals surface area contributed by atoms with E-state index in [4.69, 9.17) is 4.74 Å². The van der Waals surface area contributed by atoms with E-state index in [1.807, 2.05) is 6.20 Å². The number of nitrogens with one attached hydrogen (secondary N) is 1. The van der Waals surface area contributed by atoms with E-state index >= 15 is 0 Å². The Hall–Kier alpha value is -2.22. The third-order valence-electron chi connectivity index (χ3n) is 3.53. The average molecular weight is 289 g/mol. The lowest BCUT2D eigenvalue weighted by molar-refractivity contribution is 0.0921. The van der Waals surface area contributed by atoms with Crippen LogP contribution < -0.4 is 10.2 Å². The Bertz CT molecular complexity index is 586. The van der Waals surface area contributed by atoms with E-state index in [0.717, 1.165) is 13.0 Å². The first-order chi connectivity index (χ1) is 10.3. The molecular weight excluding hydrogens is 270 g/mol. The van der Waals surface area contributed by atoms with Crippen molar-refractivity contribution in [3.63, 3.8) is 0 Å². The normalized spacial score (nSPS) is 18.8. The summed E-state index contributed by atoms with van der Waals surface area (Å²) in [7, 11) is 1.80. The molecule has 8 heteroatoms. The van der Waals surface area contributed by atoms with E-state index in [1.54, 1.807) is 24.1 Å². The van der Waals surface area contributed by atoms with Crippen LogP contribution >= 0.6 is 0 Å². The standard InChI is InChI=1S/C13H19N7O/c1-3-10-8-21-7-6-20(10)13-17-11(14-2)16-12(18-13)19-5-4-15-9-19/h4-5,9-10H,3,6-8H2,1-2H3,(H,14,16,17,18). The molecule has 1 fully saturated rings. The molecule has 1 unspecified atom stereocenters. The Balaban J connectivity index is 1.99. The van der Waals surface area contributed by atoms with Crippen LogP contribution in [0.25, 0.3) is 5.95 Å². The first-order valence-electron chi connectivity index (χ1n) is 7.08. The number of morpholine rings is 1. The quantitative estimate of drug-likeness (QED) is 0.888. The lowest BCUT2D eigenvalue weighted by Crippen LogP contribution is -2.46. The molecule has 21 heavy (non-hydrogen) atoms. The van der Waals surface area contributed by atoms with Gasteiger partial charge in [0.05, 0.1) is 19.3 Å². The second kappa shape index (κ2) is 6.04. The smallest absolute Gasteiger partial charge is 0.241 e. The molecule has 1 atom stereocenters. The maximum absolute atomic E-state index is 5.54. The molecule has 0 aromatic carbocycles. The number of nitrogens with zero attached hydrogens (tertiary/aromatic N) is 6. The topological polar surface area (TPSA) is 81.0 Å². The molecule has 0 radical (unpaired) electrons. The zero-order valence-corrected chi connectivity index (χ0v) is 12.2. The van der Waals surface area contributed by atoms with Crippen molar-refractivity contribution in [2.45, 2.75) is 19.4 Å². The van der Waals surface area contributed by atoms with Gasteiger partial charge < -0.3 is 15.0 Å². The fourth-order valence-corrected chi connectivity index (χ4v) is 2.34. The molecule has 1 N–H and O–H groups in total. The van der Waals surface area contributed by atoms with Gasteiger partial charge in [0.15, 0.2) is 0 Å². The second-order valence-corrected chi connectivity index (χ2v) is 4.81. The zero-order valence-electron chi connectivity index (χ0n) is 12.2. The molecule has 0 saturated carbocycles. The minimum Gasteiger partial charge on any atom is -0.377 e. The summed E-state index contributed by atoms with van der Waals surface area (Å²) in [5.74, 6) is 1.78. The van der Waals surface area contributed by atoms with E-state index in [0.29, 0.717) is 37.1 Å². The van der Waals surface area contributed by atoms with E-state index < -0.39 is 0 Å². The molecule has 3 rings (SSSR count). The monoisotopic (exact) mass is 289 g/mol. The third kappa shape index (κ3) is 2.80. The Kier molecular flexibility index (Phi) is 3.96. The molecule has 1 saturated heterocycles. The number of hydrogen-bond donors (Lipinski definition) is 1. The molecular formula is C13H19N7O. The summed E-state index contributed by atoms with van der Waals surface area (Å²) < 4.78 is 7.31. The molecule has 0 aliphatic carbocycles. The molecule has 0 bridgehead atoms. The molecule has 1 aliphatic rings. The predicted octanol–water partition coefficient (Wildman–Crippen LogP) is 0.714. The lowest BCUT2D eigenvalue weighted by Gasteiger charge is -2.35. The van der Waals surface area contributed by atoms with Crippen LogP contribution in [0.15, 0.2) is 18.7 Å². The SMILES string of the molecule is CCC1COCCN1c1nc(NC)nc(-n2ccnc2)n1. The summed E-state index contributed by atoms with van der Waals surface area (Å²) in [6.07, 6.45) is 6.18.